The molecule has 6 heteroatoms. The lowest BCUT2D eigenvalue weighted by Crippen LogP contribution is -2.40. The van der Waals surface area contributed by atoms with Crippen LogP contribution in [0.4, 0.5) is 0 Å². The van der Waals surface area contributed by atoms with Gasteiger partial charge >= 0.3 is 5.97 Å². The number of amides is 1. The summed E-state index contributed by atoms with van der Waals surface area (Å²) >= 11 is 0. The number of rotatable bonds is 6. The molecule has 1 rings (SSSR count). The molecule has 2 N–H and O–H groups in total. The third kappa shape index (κ3) is 4.67. The van der Waals surface area contributed by atoms with Gasteiger partial charge in [0.25, 0.3) is 5.91 Å². The van der Waals surface area contributed by atoms with Gasteiger partial charge in [-0.25, -0.2) is 0 Å². The molecule has 0 bridgehead atoms. The van der Waals surface area contributed by atoms with Crippen LogP contribution in [0, 0.1) is 5.92 Å². The van der Waals surface area contributed by atoms with Gasteiger partial charge in [0.2, 0.25) is 0 Å². The standard InChI is InChI=1S/C13H18N2O4/c1-9(13(18)19)7-15(8-10(2)16)12(17)11-3-5-14-6-4-11/h3-6,9-10,16H,7-8H2,1-2H3,(H,18,19). The van der Waals surface area contributed by atoms with Gasteiger partial charge in [-0.15, -0.1) is 0 Å². The third-order valence-corrected chi connectivity index (χ3v) is 2.61. The lowest BCUT2D eigenvalue weighted by Gasteiger charge is -2.25. The molecule has 1 heterocycles. The molecule has 6 nitrogen and oxygen atoms in total. The van der Waals surface area contributed by atoms with Gasteiger partial charge in [0, 0.05) is 31.0 Å². The molecule has 0 aliphatic carbocycles. The number of carboxylic acids is 1. The van der Waals surface area contributed by atoms with E-state index < -0.39 is 18.0 Å². The molecule has 0 spiro atoms. The SMILES string of the molecule is CC(O)CN(CC(C)C(=O)O)C(=O)c1ccncc1. The number of hydrogen-bond donors (Lipinski definition) is 2. The highest BCUT2D eigenvalue weighted by molar-refractivity contribution is 5.94. The largest absolute Gasteiger partial charge is 0.481 e. The van der Waals surface area contributed by atoms with Crippen LogP contribution in [0.15, 0.2) is 24.5 Å². The van der Waals surface area contributed by atoms with Crippen molar-refractivity contribution >= 4 is 11.9 Å². The summed E-state index contributed by atoms with van der Waals surface area (Å²) in [6, 6.07) is 3.12. The van der Waals surface area contributed by atoms with Crippen LogP contribution in [0.2, 0.25) is 0 Å². The summed E-state index contributed by atoms with van der Waals surface area (Å²) in [4.78, 5) is 28.3. The summed E-state index contributed by atoms with van der Waals surface area (Å²) in [5.74, 6) is -1.97. The summed E-state index contributed by atoms with van der Waals surface area (Å²) in [5, 5.41) is 18.3. The van der Waals surface area contributed by atoms with Crippen LogP contribution in [-0.4, -0.2) is 51.2 Å². The maximum atomic E-state index is 12.2. The first-order valence-electron chi connectivity index (χ1n) is 6.02. The molecule has 0 fully saturated rings. The zero-order valence-corrected chi connectivity index (χ0v) is 11.0. The number of aliphatic hydroxyl groups is 1. The number of aromatic nitrogens is 1. The first-order chi connectivity index (χ1) is 8.91. The highest BCUT2D eigenvalue weighted by Gasteiger charge is 2.22. The van der Waals surface area contributed by atoms with Crippen molar-refractivity contribution in [2.75, 3.05) is 13.1 Å². The van der Waals surface area contributed by atoms with E-state index in [2.05, 4.69) is 4.98 Å². The average Bonchev–Trinajstić information content (AvgIpc) is 2.37. The van der Waals surface area contributed by atoms with Crippen LogP contribution in [0.1, 0.15) is 24.2 Å². The van der Waals surface area contributed by atoms with E-state index in [-0.39, 0.29) is 19.0 Å². The third-order valence-electron chi connectivity index (χ3n) is 2.61. The summed E-state index contributed by atoms with van der Waals surface area (Å²) < 4.78 is 0. The Bertz CT molecular complexity index is 434. The maximum absolute atomic E-state index is 12.2. The van der Waals surface area contributed by atoms with Crippen molar-refractivity contribution in [3.8, 4) is 0 Å². The van der Waals surface area contributed by atoms with Gasteiger partial charge < -0.3 is 15.1 Å². The van der Waals surface area contributed by atoms with Gasteiger partial charge in [-0.1, -0.05) is 6.92 Å². The van der Waals surface area contributed by atoms with Crippen LogP contribution in [0.25, 0.3) is 0 Å². The Kier molecular flexibility index (Phi) is 5.44. The molecule has 0 aliphatic heterocycles. The van der Waals surface area contributed by atoms with Crippen LogP contribution in [0.3, 0.4) is 0 Å². The Morgan fingerprint density at radius 2 is 1.84 bits per heavy atom. The van der Waals surface area contributed by atoms with Crippen molar-refractivity contribution in [1.82, 2.24) is 9.88 Å². The van der Waals surface area contributed by atoms with Crippen LogP contribution in [0.5, 0.6) is 0 Å². The molecule has 1 amide bonds. The number of pyridine rings is 1. The van der Waals surface area contributed by atoms with E-state index in [1.165, 1.54) is 24.2 Å². The monoisotopic (exact) mass is 266 g/mol. The van der Waals surface area contributed by atoms with Crippen molar-refractivity contribution in [2.45, 2.75) is 20.0 Å². The zero-order valence-electron chi connectivity index (χ0n) is 11.0. The van der Waals surface area contributed by atoms with Gasteiger partial charge in [0.1, 0.15) is 0 Å². The van der Waals surface area contributed by atoms with E-state index in [9.17, 15) is 14.7 Å². The second-order valence-corrected chi connectivity index (χ2v) is 4.53. The van der Waals surface area contributed by atoms with Gasteiger partial charge in [0.15, 0.2) is 0 Å². The summed E-state index contributed by atoms with van der Waals surface area (Å²) in [5.41, 5.74) is 0.424. The number of carboxylic acid groups (broad SMARTS) is 1. The van der Waals surface area contributed by atoms with Crippen LogP contribution < -0.4 is 0 Å². The molecule has 0 aromatic carbocycles. The zero-order chi connectivity index (χ0) is 14.4. The second-order valence-electron chi connectivity index (χ2n) is 4.53. The maximum Gasteiger partial charge on any atom is 0.308 e. The first-order valence-corrected chi connectivity index (χ1v) is 6.02. The minimum absolute atomic E-state index is 0.0569. The molecular formula is C13H18N2O4. The average molecular weight is 266 g/mol. The minimum Gasteiger partial charge on any atom is -0.481 e. The van der Waals surface area contributed by atoms with Gasteiger partial charge in [-0.3, -0.25) is 14.6 Å². The van der Waals surface area contributed by atoms with E-state index in [1.54, 1.807) is 19.1 Å². The minimum atomic E-state index is -0.974. The van der Waals surface area contributed by atoms with E-state index in [1.807, 2.05) is 0 Å². The Hall–Kier alpha value is -1.95. The van der Waals surface area contributed by atoms with Crippen LogP contribution in [-0.2, 0) is 4.79 Å². The molecule has 0 aliphatic rings. The number of nitrogens with zero attached hydrogens (tertiary/aromatic N) is 2. The Morgan fingerprint density at radius 3 is 2.32 bits per heavy atom. The Balaban J connectivity index is 2.84. The summed E-state index contributed by atoms with van der Waals surface area (Å²) in [6.07, 6.45) is 2.27. The topological polar surface area (TPSA) is 90.7 Å². The van der Waals surface area contributed by atoms with Crippen molar-refractivity contribution in [1.29, 1.82) is 0 Å². The number of carbonyl (C=O) groups excluding carboxylic acids is 1. The fourth-order valence-electron chi connectivity index (χ4n) is 1.65. The summed E-state index contributed by atoms with van der Waals surface area (Å²) in [6.45, 7) is 3.23. The molecule has 0 saturated carbocycles. The molecule has 104 valence electrons. The lowest BCUT2D eigenvalue weighted by atomic mass is 10.1. The predicted molar refractivity (Wildman–Crippen MR) is 68.6 cm³/mol. The highest BCUT2D eigenvalue weighted by Crippen LogP contribution is 2.08. The van der Waals surface area contributed by atoms with Crippen molar-refractivity contribution in [3.05, 3.63) is 30.1 Å². The molecule has 0 saturated heterocycles. The second kappa shape index (κ2) is 6.84. The van der Waals surface area contributed by atoms with Crippen molar-refractivity contribution in [2.24, 2.45) is 5.92 Å². The normalized spacial score (nSPS) is 13.6. The van der Waals surface area contributed by atoms with E-state index >= 15 is 0 Å². The molecule has 2 unspecified atom stereocenters. The molecule has 19 heavy (non-hydrogen) atoms. The fraction of sp³-hybridized carbons (Fsp3) is 0.462. The van der Waals surface area contributed by atoms with E-state index in [4.69, 9.17) is 5.11 Å². The number of aliphatic carboxylic acids is 1. The molecule has 1 aromatic heterocycles. The smallest absolute Gasteiger partial charge is 0.308 e. The summed E-state index contributed by atoms with van der Waals surface area (Å²) in [7, 11) is 0. The predicted octanol–water partition coefficient (Wildman–Crippen LogP) is 0.625. The Morgan fingerprint density at radius 1 is 1.26 bits per heavy atom. The highest BCUT2D eigenvalue weighted by atomic mass is 16.4. The van der Waals surface area contributed by atoms with Gasteiger partial charge in [-0.05, 0) is 19.1 Å². The number of carbonyl (C=O) groups is 2. The molecular weight excluding hydrogens is 248 g/mol. The molecule has 1 aromatic rings. The van der Waals surface area contributed by atoms with Crippen molar-refractivity contribution < 1.29 is 19.8 Å². The first kappa shape index (κ1) is 15.1. The molecule has 0 radical (unpaired) electrons. The van der Waals surface area contributed by atoms with Gasteiger partial charge in [0.05, 0.1) is 12.0 Å². The van der Waals surface area contributed by atoms with E-state index in [0.717, 1.165) is 0 Å². The fourth-order valence-corrected chi connectivity index (χ4v) is 1.65. The van der Waals surface area contributed by atoms with Gasteiger partial charge in [-0.2, -0.15) is 0 Å². The van der Waals surface area contributed by atoms with Crippen LogP contribution >= 0.6 is 0 Å². The quantitative estimate of drug-likeness (QED) is 0.788. The molecule has 2 atom stereocenters. The lowest BCUT2D eigenvalue weighted by molar-refractivity contribution is -0.141. The Labute approximate surface area is 111 Å². The number of aliphatic hydroxyl groups excluding tert-OH is 1. The van der Waals surface area contributed by atoms with Crippen molar-refractivity contribution in [3.63, 3.8) is 0 Å². The number of hydrogen-bond acceptors (Lipinski definition) is 4. The van der Waals surface area contributed by atoms with E-state index in [0.29, 0.717) is 5.56 Å².